The normalized spacial score (nSPS) is 49.9. The maximum Gasteiger partial charge on any atom is 0.333 e. The Morgan fingerprint density at radius 1 is 1.04 bits per heavy atom. The number of hydrogen-bond acceptors (Lipinski definition) is 3. The average Bonchev–Trinajstić information content (AvgIpc) is 2.83. The van der Waals surface area contributed by atoms with E-state index in [-0.39, 0.29) is 33.7 Å². The standard InChI is InChI=1S/C25H36O3/c1-6-17(2)20(27)28-21-22(3)12-8-19-24(5)11-7-10-23(4,16-26)18(24)9-13-25(19,21)15-14-22/h6,14-16,18-19,21H,7-13H2,1-5H3/b17-6-/t18-,19-,21-,22+,23-,24+,25+/m0/s1. The smallest absolute Gasteiger partial charge is 0.333 e. The van der Waals surface area contributed by atoms with E-state index in [0.717, 1.165) is 32.1 Å². The minimum absolute atomic E-state index is 0.0635. The largest absolute Gasteiger partial charge is 0.457 e. The average molecular weight is 385 g/mol. The number of carbonyl (C=O) groups excluding carboxylic acids is 2. The number of ether oxygens (including phenoxy) is 1. The molecule has 0 aromatic rings. The van der Waals surface area contributed by atoms with Crippen LogP contribution in [0, 0.1) is 33.5 Å². The van der Waals surface area contributed by atoms with Crippen LogP contribution in [0.1, 0.15) is 79.6 Å². The molecule has 2 bridgehead atoms. The molecule has 3 nitrogen and oxygen atoms in total. The van der Waals surface area contributed by atoms with Crippen LogP contribution in [-0.2, 0) is 14.3 Å². The zero-order valence-corrected chi connectivity index (χ0v) is 18.2. The first kappa shape index (κ1) is 19.9. The molecule has 154 valence electrons. The van der Waals surface area contributed by atoms with Gasteiger partial charge < -0.3 is 9.53 Å². The number of hydrogen-bond donors (Lipinski definition) is 0. The monoisotopic (exact) mass is 384 g/mol. The molecular formula is C25H36O3. The summed E-state index contributed by atoms with van der Waals surface area (Å²) in [7, 11) is 0. The molecule has 4 rings (SSSR count). The van der Waals surface area contributed by atoms with E-state index < -0.39 is 0 Å². The Morgan fingerprint density at radius 2 is 1.75 bits per heavy atom. The van der Waals surface area contributed by atoms with Gasteiger partial charge in [0, 0.05) is 21.8 Å². The highest BCUT2D eigenvalue weighted by molar-refractivity contribution is 5.87. The zero-order valence-electron chi connectivity index (χ0n) is 18.2. The number of esters is 1. The molecule has 0 aliphatic heterocycles. The van der Waals surface area contributed by atoms with Gasteiger partial charge in [-0.1, -0.05) is 45.4 Å². The summed E-state index contributed by atoms with van der Waals surface area (Å²) in [5, 5.41) is 0. The minimum Gasteiger partial charge on any atom is -0.457 e. The molecule has 3 fully saturated rings. The second-order valence-corrected chi connectivity index (χ2v) is 10.9. The minimum atomic E-state index is -0.203. The third-order valence-corrected chi connectivity index (χ3v) is 9.42. The van der Waals surface area contributed by atoms with Crippen molar-refractivity contribution in [2.75, 3.05) is 0 Å². The van der Waals surface area contributed by atoms with Gasteiger partial charge in [0.15, 0.2) is 0 Å². The molecule has 0 aromatic carbocycles. The van der Waals surface area contributed by atoms with Crippen LogP contribution in [0.2, 0.25) is 0 Å². The van der Waals surface area contributed by atoms with Gasteiger partial charge in [0.25, 0.3) is 0 Å². The van der Waals surface area contributed by atoms with Gasteiger partial charge >= 0.3 is 5.97 Å². The van der Waals surface area contributed by atoms with Crippen molar-refractivity contribution >= 4 is 12.3 Å². The molecule has 0 saturated heterocycles. The predicted molar refractivity (Wildman–Crippen MR) is 111 cm³/mol. The van der Waals surface area contributed by atoms with E-state index in [1.807, 2.05) is 19.9 Å². The predicted octanol–water partition coefficient (Wildman–Crippen LogP) is 5.64. The topological polar surface area (TPSA) is 43.4 Å². The van der Waals surface area contributed by atoms with E-state index in [0.29, 0.717) is 17.4 Å². The molecule has 3 saturated carbocycles. The number of aldehydes is 1. The molecule has 0 aromatic heterocycles. The van der Waals surface area contributed by atoms with Gasteiger partial charge in [-0.25, -0.2) is 4.79 Å². The van der Waals surface area contributed by atoms with Gasteiger partial charge in [-0.15, -0.1) is 0 Å². The third kappa shape index (κ3) is 2.47. The molecular weight excluding hydrogens is 348 g/mol. The summed E-state index contributed by atoms with van der Waals surface area (Å²) in [4.78, 5) is 24.8. The van der Waals surface area contributed by atoms with Crippen molar-refractivity contribution in [1.29, 1.82) is 0 Å². The van der Waals surface area contributed by atoms with Crippen molar-refractivity contribution in [2.24, 2.45) is 33.5 Å². The van der Waals surface area contributed by atoms with E-state index in [1.54, 1.807) is 0 Å². The van der Waals surface area contributed by atoms with Crippen LogP contribution in [0.15, 0.2) is 23.8 Å². The first-order valence-electron chi connectivity index (χ1n) is 11.2. The van der Waals surface area contributed by atoms with Gasteiger partial charge in [-0.2, -0.15) is 0 Å². The summed E-state index contributed by atoms with van der Waals surface area (Å²) in [6.07, 6.45) is 15.4. The molecule has 1 spiro atoms. The van der Waals surface area contributed by atoms with Crippen LogP contribution in [0.3, 0.4) is 0 Å². The van der Waals surface area contributed by atoms with Crippen LogP contribution in [0.25, 0.3) is 0 Å². The summed E-state index contributed by atoms with van der Waals surface area (Å²) in [5.41, 5.74) is 0.496. The Labute approximate surface area is 170 Å². The van der Waals surface area contributed by atoms with Gasteiger partial charge in [-0.05, 0) is 69.6 Å². The summed E-state index contributed by atoms with van der Waals surface area (Å²) < 4.78 is 6.26. The van der Waals surface area contributed by atoms with E-state index in [9.17, 15) is 9.59 Å². The Hall–Kier alpha value is -1.38. The van der Waals surface area contributed by atoms with E-state index in [1.165, 1.54) is 19.1 Å². The Kier molecular flexibility index (Phi) is 4.49. The third-order valence-electron chi connectivity index (χ3n) is 9.42. The molecule has 7 atom stereocenters. The molecule has 0 unspecified atom stereocenters. The second-order valence-electron chi connectivity index (χ2n) is 10.9. The molecule has 0 N–H and O–H groups in total. The summed E-state index contributed by atoms with van der Waals surface area (Å²) >= 11 is 0. The lowest BCUT2D eigenvalue weighted by molar-refractivity contribution is -0.201. The Balaban J connectivity index is 1.73. The van der Waals surface area contributed by atoms with Gasteiger partial charge in [0.1, 0.15) is 12.4 Å². The Morgan fingerprint density at radius 3 is 2.43 bits per heavy atom. The van der Waals surface area contributed by atoms with Crippen LogP contribution in [0.4, 0.5) is 0 Å². The van der Waals surface area contributed by atoms with Crippen LogP contribution >= 0.6 is 0 Å². The van der Waals surface area contributed by atoms with Crippen LogP contribution < -0.4 is 0 Å². The first-order chi connectivity index (χ1) is 13.2. The SMILES string of the molecule is C/C=C(/C)C(=O)O[C@@H]1[C@]23C=C[C@@]1(C)CC[C@H]2[C@]1(C)CCC[C@@](C)(C=O)[C@@H]1CC3. The fourth-order valence-corrected chi connectivity index (χ4v) is 7.83. The van der Waals surface area contributed by atoms with Crippen molar-refractivity contribution in [3.8, 4) is 0 Å². The molecule has 4 aliphatic carbocycles. The highest BCUT2D eigenvalue weighted by Gasteiger charge is 2.68. The van der Waals surface area contributed by atoms with E-state index in [2.05, 4.69) is 32.9 Å². The van der Waals surface area contributed by atoms with Crippen molar-refractivity contribution in [2.45, 2.75) is 85.7 Å². The van der Waals surface area contributed by atoms with Crippen molar-refractivity contribution < 1.29 is 14.3 Å². The molecule has 28 heavy (non-hydrogen) atoms. The van der Waals surface area contributed by atoms with Crippen LogP contribution in [-0.4, -0.2) is 18.4 Å². The summed E-state index contributed by atoms with van der Waals surface area (Å²) in [6, 6.07) is 0. The fourth-order valence-electron chi connectivity index (χ4n) is 7.83. The maximum atomic E-state index is 12.7. The van der Waals surface area contributed by atoms with Crippen molar-refractivity contribution in [3.63, 3.8) is 0 Å². The maximum absolute atomic E-state index is 12.7. The zero-order chi connectivity index (χ0) is 20.4. The van der Waals surface area contributed by atoms with E-state index >= 15 is 0 Å². The lowest BCUT2D eigenvalue weighted by atomic mass is 9.40. The molecule has 0 radical (unpaired) electrons. The number of allylic oxidation sites excluding steroid dienone is 1. The lowest BCUT2D eigenvalue weighted by Crippen LogP contribution is -2.62. The number of carbonyl (C=O) groups is 2. The van der Waals surface area contributed by atoms with E-state index in [4.69, 9.17) is 4.74 Å². The van der Waals surface area contributed by atoms with Gasteiger partial charge in [0.2, 0.25) is 0 Å². The first-order valence-corrected chi connectivity index (χ1v) is 11.2. The number of rotatable bonds is 3. The van der Waals surface area contributed by atoms with Crippen molar-refractivity contribution in [3.05, 3.63) is 23.8 Å². The Bertz CT molecular complexity index is 751. The molecule has 4 aliphatic rings. The van der Waals surface area contributed by atoms with Gasteiger partial charge in [-0.3, -0.25) is 0 Å². The molecule has 0 amide bonds. The molecule has 3 heteroatoms. The second kappa shape index (κ2) is 6.31. The highest BCUT2D eigenvalue weighted by atomic mass is 16.5. The summed E-state index contributed by atoms with van der Waals surface area (Å²) in [6.45, 7) is 10.6. The lowest BCUT2D eigenvalue weighted by Gasteiger charge is -2.65. The number of fused-ring (bicyclic) bond motifs is 3. The highest BCUT2D eigenvalue weighted by Crippen LogP contribution is 2.72. The van der Waals surface area contributed by atoms with Crippen molar-refractivity contribution in [1.82, 2.24) is 0 Å². The van der Waals surface area contributed by atoms with Gasteiger partial charge in [0.05, 0.1) is 0 Å². The fraction of sp³-hybridized carbons (Fsp3) is 0.760. The summed E-state index contributed by atoms with van der Waals surface area (Å²) in [5.74, 6) is 0.749. The van der Waals surface area contributed by atoms with Crippen LogP contribution in [0.5, 0.6) is 0 Å². The quantitative estimate of drug-likeness (QED) is 0.274. The molecule has 0 heterocycles.